The smallest absolute Gasteiger partial charge is 0.294 e. The Labute approximate surface area is 227 Å². The maximum absolute atomic E-state index is 13.2. The number of nitrogens with zero attached hydrogens (tertiary/aromatic N) is 2. The average molecular weight is 543 g/mol. The van der Waals surface area contributed by atoms with Gasteiger partial charge in [0.25, 0.3) is 11.1 Å². The van der Waals surface area contributed by atoms with Crippen LogP contribution >= 0.6 is 11.8 Å². The fourth-order valence-corrected chi connectivity index (χ4v) is 5.00. The zero-order chi connectivity index (χ0) is 27.5. The molecule has 2 heterocycles. The molecule has 1 aliphatic rings. The van der Waals surface area contributed by atoms with E-state index in [1.807, 2.05) is 43.3 Å². The van der Waals surface area contributed by atoms with Crippen LogP contribution in [0.1, 0.15) is 11.1 Å². The molecular weight excluding hydrogens is 519 g/mol. The number of rotatable bonds is 7. The van der Waals surface area contributed by atoms with Crippen molar-refractivity contribution in [1.82, 2.24) is 9.47 Å². The van der Waals surface area contributed by atoms with Crippen LogP contribution in [0.2, 0.25) is 0 Å². The van der Waals surface area contributed by atoms with Crippen molar-refractivity contribution in [2.45, 2.75) is 13.5 Å². The Kier molecular flexibility index (Phi) is 7.29. The van der Waals surface area contributed by atoms with Crippen molar-refractivity contribution in [2.75, 3.05) is 17.2 Å². The molecule has 0 bridgehead atoms. The van der Waals surface area contributed by atoms with Crippen molar-refractivity contribution in [3.63, 3.8) is 0 Å². The first-order chi connectivity index (χ1) is 18.8. The zero-order valence-electron chi connectivity index (χ0n) is 20.8. The van der Waals surface area contributed by atoms with E-state index in [-0.39, 0.29) is 17.4 Å². The average Bonchev–Trinajstić information content (AvgIpc) is 3.38. The summed E-state index contributed by atoms with van der Waals surface area (Å²) in [7, 11) is 0. The molecule has 0 saturated carbocycles. The van der Waals surface area contributed by atoms with E-state index in [1.165, 1.54) is 24.3 Å². The molecule has 1 fully saturated rings. The molecule has 4 aromatic rings. The van der Waals surface area contributed by atoms with Gasteiger partial charge in [0.2, 0.25) is 11.8 Å². The van der Waals surface area contributed by atoms with Crippen LogP contribution in [0.3, 0.4) is 0 Å². The number of nitrogens with one attached hydrogen (secondary N) is 2. The van der Waals surface area contributed by atoms with E-state index in [0.29, 0.717) is 16.9 Å². The lowest BCUT2D eigenvalue weighted by Crippen LogP contribution is -2.36. The summed E-state index contributed by atoms with van der Waals surface area (Å²) >= 11 is 0.761. The number of para-hydroxylation sites is 1. The van der Waals surface area contributed by atoms with Crippen LogP contribution in [-0.2, 0) is 20.9 Å². The fourth-order valence-electron chi connectivity index (χ4n) is 4.17. The molecule has 0 unspecified atom stereocenters. The molecule has 8 nitrogen and oxygen atoms in total. The maximum atomic E-state index is 13.2. The van der Waals surface area contributed by atoms with Crippen molar-refractivity contribution in [1.29, 1.82) is 0 Å². The van der Waals surface area contributed by atoms with Crippen molar-refractivity contribution in [3.05, 3.63) is 101 Å². The van der Waals surface area contributed by atoms with Crippen LogP contribution in [0.25, 0.3) is 17.0 Å². The third-order valence-corrected chi connectivity index (χ3v) is 6.97. The number of anilines is 2. The summed E-state index contributed by atoms with van der Waals surface area (Å²) < 4.78 is 14.9. The van der Waals surface area contributed by atoms with Crippen LogP contribution in [0.4, 0.5) is 20.6 Å². The largest absolute Gasteiger partial charge is 0.337 e. The highest BCUT2D eigenvalue weighted by atomic mass is 32.2. The van der Waals surface area contributed by atoms with E-state index in [2.05, 4.69) is 10.6 Å². The SMILES string of the molecule is Cc1ccc(NC(=O)CN2C(=O)S/C(=C\c3cn(CC(=O)Nc4ccc(F)cc4)c4ccccc34)C2=O)cc1. The summed E-state index contributed by atoms with van der Waals surface area (Å²) in [6, 6.07) is 20.0. The van der Waals surface area contributed by atoms with Gasteiger partial charge in [-0.1, -0.05) is 35.9 Å². The van der Waals surface area contributed by atoms with Gasteiger partial charge < -0.3 is 15.2 Å². The van der Waals surface area contributed by atoms with Gasteiger partial charge in [-0.05, 0) is 67.2 Å². The number of carbonyl (C=O) groups is 4. The van der Waals surface area contributed by atoms with Gasteiger partial charge in [0.15, 0.2) is 0 Å². The van der Waals surface area contributed by atoms with E-state index < -0.39 is 29.4 Å². The van der Waals surface area contributed by atoms with Gasteiger partial charge in [-0.3, -0.25) is 24.1 Å². The monoisotopic (exact) mass is 542 g/mol. The Morgan fingerprint density at radius 2 is 1.49 bits per heavy atom. The number of imide groups is 1. The molecule has 5 rings (SSSR count). The van der Waals surface area contributed by atoms with E-state index in [4.69, 9.17) is 0 Å². The Bertz CT molecular complexity index is 1630. The number of hydrogen-bond acceptors (Lipinski definition) is 5. The number of benzene rings is 3. The highest BCUT2D eigenvalue weighted by molar-refractivity contribution is 8.18. The van der Waals surface area contributed by atoms with E-state index in [9.17, 15) is 23.6 Å². The molecule has 1 saturated heterocycles. The molecule has 1 aliphatic heterocycles. The van der Waals surface area contributed by atoms with Crippen molar-refractivity contribution < 1.29 is 23.6 Å². The third-order valence-electron chi connectivity index (χ3n) is 6.06. The summed E-state index contributed by atoms with van der Waals surface area (Å²) in [5, 5.41) is 5.68. The number of carbonyl (C=O) groups excluding carboxylic acids is 4. The van der Waals surface area contributed by atoms with Crippen molar-refractivity contribution in [2.24, 2.45) is 0 Å². The van der Waals surface area contributed by atoms with Gasteiger partial charge in [0.05, 0.1) is 4.91 Å². The summed E-state index contributed by atoms with van der Waals surface area (Å²) in [6.45, 7) is 1.51. The minimum absolute atomic E-state index is 0.0214. The lowest BCUT2D eigenvalue weighted by molar-refractivity contribution is -0.127. The van der Waals surface area contributed by atoms with Crippen LogP contribution in [0.15, 0.2) is 83.9 Å². The molecule has 4 amide bonds. The minimum atomic E-state index is -0.560. The maximum Gasteiger partial charge on any atom is 0.294 e. The summed E-state index contributed by atoms with van der Waals surface area (Å²) in [5.41, 5.74) is 3.49. The molecule has 2 N–H and O–H groups in total. The van der Waals surface area contributed by atoms with Gasteiger partial charge in [-0.15, -0.1) is 0 Å². The second-order valence-corrected chi connectivity index (χ2v) is 9.96. The molecule has 196 valence electrons. The number of thioether (sulfide) groups is 1. The number of aromatic nitrogens is 1. The quantitative estimate of drug-likeness (QED) is 0.305. The Balaban J connectivity index is 1.32. The van der Waals surface area contributed by atoms with Crippen LogP contribution in [-0.4, -0.2) is 39.0 Å². The van der Waals surface area contributed by atoms with Crippen LogP contribution in [0, 0.1) is 12.7 Å². The highest BCUT2D eigenvalue weighted by Gasteiger charge is 2.36. The van der Waals surface area contributed by atoms with E-state index in [0.717, 1.165) is 33.1 Å². The minimum Gasteiger partial charge on any atom is -0.337 e. The molecule has 39 heavy (non-hydrogen) atoms. The first kappa shape index (κ1) is 25.9. The highest BCUT2D eigenvalue weighted by Crippen LogP contribution is 2.34. The first-order valence-electron chi connectivity index (χ1n) is 12.0. The van der Waals surface area contributed by atoms with Gasteiger partial charge >= 0.3 is 0 Å². The molecule has 3 aromatic carbocycles. The molecule has 0 aliphatic carbocycles. The number of fused-ring (bicyclic) bond motifs is 1. The number of hydrogen-bond donors (Lipinski definition) is 2. The Morgan fingerprint density at radius 1 is 0.872 bits per heavy atom. The summed E-state index contributed by atoms with van der Waals surface area (Å²) in [6.07, 6.45) is 3.33. The third kappa shape index (κ3) is 5.91. The number of amides is 4. The Morgan fingerprint density at radius 3 is 2.18 bits per heavy atom. The predicted molar refractivity (Wildman–Crippen MR) is 149 cm³/mol. The molecule has 10 heteroatoms. The molecule has 0 spiro atoms. The second-order valence-electron chi connectivity index (χ2n) is 8.97. The molecular formula is C29H23FN4O4S. The van der Waals surface area contributed by atoms with E-state index in [1.54, 1.807) is 29.0 Å². The van der Waals surface area contributed by atoms with Crippen molar-refractivity contribution in [3.8, 4) is 0 Å². The standard InChI is InChI=1S/C29H23FN4O4S/c1-18-6-10-21(11-7-18)32-27(36)17-34-28(37)25(39-29(34)38)14-19-15-33(24-5-3-2-4-23(19)24)16-26(35)31-22-12-8-20(30)9-13-22/h2-15H,16-17H2,1H3,(H,31,35)(H,32,36)/b25-14-. The van der Waals surface area contributed by atoms with E-state index >= 15 is 0 Å². The number of halogens is 1. The predicted octanol–water partition coefficient (Wildman–Crippen LogP) is 5.40. The molecule has 0 radical (unpaired) electrons. The van der Waals surface area contributed by atoms with Crippen LogP contribution < -0.4 is 10.6 Å². The summed E-state index contributed by atoms with van der Waals surface area (Å²) in [5.74, 6) is -1.75. The second kappa shape index (κ2) is 11.0. The van der Waals surface area contributed by atoms with Gasteiger partial charge in [0, 0.05) is 34.0 Å². The number of aryl methyl sites for hydroxylation is 1. The van der Waals surface area contributed by atoms with Gasteiger partial charge in [0.1, 0.15) is 18.9 Å². The molecule has 0 atom stereocenters. The van der Waals surface area contributed by atoms with Gasteiger partial charge in [-0.25, -0.2) is 4.39 Å². The normalized spacial score (nSPS) is 14.3. The van der Waals surface area contributed by atoms with Crippen LogP contribution in [0.5, 0.6) is 0 Å². The Hall–Kier alpha value is -4.70. The summed E-state index contributed by atoms with van der Waals surface area (Å²) in [4.78, 5) is 51.9. The van der Waals surface area contributed by atoms with Crippen molar-refractivity contribution >= 4 is 63.1 Å². The lowest BCUT2D eigenvalue weighted by Gasteiger charge is -2.12. The zero-order valence-corrected chi connectivity index (χ0v) is 21.6. The van der Waals surface area contributed by atoms with Gasteiger partial charge in [-0.2, -0.15) is 0 Å². The topological polar surface area (TPSA) is 101 Å². The fraction of sp³-hybridized carbons (Fsp3) is 0.103. The lowest BCUT2D eigenvalue weighted by atomic mass is 10.1. The molecule has 1 aromatic heterocycles. The first-order valence-corrected chi connectivity index (χ1v) is 12.8.